The van der Waals surface area contributed by atoms with Crippen molar-refractivity contribution in [2.75, 3.05) is 13.6 Å². The first-order chi connectivity index (χ1) is 8.38. The highest BCUT2D eigenvalue weighted by molar-refractivity contribution is 5.82. The summed E-state index contributed by atoms with van der Waals surface area (Å²) in [4.78, 5) is 34.0. The molecule has 7 heteroatoms. The number of hydrogen-bond donors (Lipinski definition) is 3. The van der Waals surface area contributed by atoms with Gasteiger partial charge in [-0.05, 0) is 12.8 Å². The summed E-state index contributed by atoms with van der Waals surface area (Å²) in [6.45, 7) is 3.76. The van der Waals surface area contributed by atoms with E-state index < -0.39 is 24.0 Å². The monoisotopic (exact) mass is 258 g/mol. The largest absolute Gasteiger partial charge is 0.481 e. The third kappa shape index (κ3) is 6.51. The van der Waals surface area contributed by atoms with E-state index in [0.29, 0.717) is 6.54 Å². The number of likely N-dealkylation sites (N-methyl/N-ethyl adjacent to an activating group) is 1. The molecule has 7 nitrogen and oxygen atoms in total. The van der Waals surface area contributed by atoms with Crippen LogP contribution in [0.1, 0.15) is 19.3 Å². The van der Waals surface area contributed by atoms with Crippen molar-refractivity contribution in [3.05, 3.63) is 12.7 Å². The molecule has 0 fully saturated rings. The number of amides is 2. The zero-order chi connectivity index (χ0) is 14.1. The number of nitrogens with zero attached hydrogens (tertiary/aromatic N) is 1. The van der Waals surface area contributed by atoms with Crippen LogP contribution in [-0.2, 0) is 9.59 Å². The average molecular weight is 258 g/mol. The second kappa shape index (κ2) is 8.10. The van der Waals surface area contributed by atoms with Gasteiger partial charge in [-0.1, -0.05) is 6.08 Å². The molecule has 0 rings (SSSR count). The van der Waals surface area contributed by atoms with Crippen LogP contribution in [0.3, 0.4) is 0 Å². The molecule has 102 valence electrons. The molecule has 0 aliphatic rings. The summed E-state index contributed by atoms with van der Waals surface area (Å²) < 4.78 is 0. The molecule has 0 spiro atoms. The molecule has 0 aromatic rings. The van der Waals surface area contributed by atoms with Crippen LogP contribution in [0.15, 0.2) is 12.7 Å². The van der Waals surface area contributed by atoms with Gasteiger partial charge in [0.1, 0.15) is 6.04 Å². The van der Waals surface area contributed by atoms with Gasteiger partial charge >= 0.3 is 18.0 Å². The van der Waals surface area contributed by atoms with Gasteiger partial charge in [0.25, 0.3) is 0 Å². The molecule has 0 bridgehead atoms. The van der Waals surface area contributed by atoms with Crippen molar-refractivity contribution < 1.29 is 24.6 Å². The van der Waals surface area contributed by atoms with Gasteiger partial charge in [-0.3, -0.25) is 4.79 Å². The number of rotatable bonds is 8. The summed E-state index contributed by atoms with van der Waals surface area (Å²) in [5.41, 5.74) is 0. The number of aliphatic carboxylic acids is 2. The highest BCUT2D eigenvalue weighted by Crippen LogP contribution is 2.02. The van der Waals surface area contributed by atoms with Crippen molar-refractivity contribution in [2.24, 2.45) is 0 Å². The van der Waals surface area contributed by atoms with Crippen molar-refractivity contribution in [1.82, 2.24) is 10.2 Å². The maximum atomic E-state index is 11.5. The summed E-state index contributed by atoms with van der Waals surface area (Å²) in [5.74, 6) is -2.17. The Labute approximate surface area is 105 Å². The number of carbonyl (C=O) groups is 3. The third-order valence-corrected chi connectivity index (χ3v) is 2.23. The minimum absolute atomic E-state index is 0.0787. The van der Waals surface area contributed by atoms with Gasteiger partial charge in [0.15, 0.2) is 0 Å². The number of nitrogens with one attached hydrogen (secondary N) is 1. The van der Waals surface area contributed by atoms with Crippen LogP contribution in [0, 0.1) is 0 Å². The van der Waals surface area contributed by atoms with Crippen LogP contribution in [0.2, 0.25) is 0 Å². The Balaban J connectivity index is 4.26. The maximum absolute atomic E-state index is 11.5. The minimum atomic E-state index is -1.18. The first kappa shape index (κ1) is 16.0. The molecule has 0 saturated heterocycles. The fourth-order valence-electron chi connectivity index (χ4n) is 1.25. The predicted molar refractivity (Wildman–Crippen MR) is 64.3 cm³/mol. The van der Waals surface area contributed by atoms with Gasteiger partial charge in [0.2, 0.25) is 0 Å². The van der Waals surface area contributed by atoms with Crippen LogP contribution in [0.5, 0.6) is 0 Å². The zero-order valence-electron chi connectivity index (χ0n) is 10.3. The lowest BCUT2D eigenvalue weighted by molar-refractivity contribution is -0.140. The van der Waals surface area contributed by atoms with Crippen LogP contribution >= 0.6 is 0 Å². The van der Waals surface area contributed by atoms with E-state index in [2.05, 4.69) is 11.9 Å². The summed E-state index contributed by atoms with van der Waals surface area (Å²) >= 11 is 0. The molecule has 0 aliphatic carbocycles. The third-order valence-electron chi connectivity index (χ3n) is 2.23. The Morgan fingerprint density at radius 1 is 1.39 bits per heavy atom. The normalized spacial score (nSPS) is 11.4. The molecule has 0 unspecified atom stereocenters. The summed E-state index contributed by atoms with van der Waals surface area (Å²) in [6.07, 6.45) is 1.66. The Hall–Kier alpha value is -2.05. The first-order valence-electron chi connectivity index (χ1n) is 5.45. The highest BCUT2D eigenvalue weighted by Gasteiger charge is 2.21. The minimum Gasteiger partial charge on any atom is -0.481 e. The van der Waals surface area contributed by atoms with E-state index >= 15 is 0 Å². The van der Waals surface area contributed by atoms with Gasteiger partial charge in [0.05, 0.1) is 0 Å². The lowest BCUT2D eigenvalue weighted by Crippen LogP contribution is -2.46. The van der Waals surface area contributed by atoms with Crippen molar-refractivity contribution in [1.29, 1.82) is 0 Å². The number of carboxylic acids is 2. The van der Waals surface area contributed by atoms with Crippen molar-refractivity contribution in [2.45, 2.75) is 25.3 Å². The smallest absolute Gasteiger partial charge is 0.326 e. The number of hydrogen-bond acceptors (Lipinski definition) is 3. The number of carbonyl (C=O) groups excluding carboxylic acids is 1. The summed E-state index contributed by atoms with van der Waals surface area (Å²) in [7, 11) is 1.51. The van der Waals surface area contributed by atoms with Crippen LogP contribution in [-0.4, -0.2) is 52.7 Å². The molecule has 0 aliphatic heterocycles. The molecular weight excluding hydrogens is 240 g/mol. The van der Waals surface area contributed by atoms with Crippen LogP contribution in [0.25, 0.3) is 0 Å². The second-order valence-corrected chi connectivity index (χ2v) is 3.80. The van der Waals surface area contributed by atoms with Crippen molar-refractivity contribution in [3.8, 4) is 0 Å². The van der Waals surface area contributed by atoms with Gasteiger partial charge in [-0.25, -0.2) is 9.59 Å². The molecule has 0 aromatic heterocycles. The van der Waals surface area contributed by atoms with Crippen molar-refractivity contribution >= 4 is 18.0 Å². The lowest BCUT2D eigenvalue weighted by atomic mass is 10.1. The maximum Gasteiger partial charge on any atom is 0.326 e. The van der Waals surface area contributed by atoms with E-state index in [1.165, 1.54) is 18.0 Å². The fraction of sp³-hybridized carbons (Fsp3) is 0.545. The van der Waals surface area contributed by atoms with E-state index in [-0.39, 0.29) is 19.3 Å². The summed E-state index contributed by atoms with van der Waals surface area (Å²) in [5, 5.41) is 19.7. The fourth-order valence-corrected chi connectivity index (χ4v) is 1.25. The van der Waals surface area contributed by atoms with Gasteiger partial charge in [-0.15, -0.1) is 6.58 Å². The average Bonchev–Trinajstić information content (AvgIpc) is 2.27. The number of urea groups is 1. The van der Waals surface area contributed by atoms with Crippen molar-refractivity contribution in [3.63, 3.8) is 0 Å². The molecule has 3 N–H and O–H groups in total. The van der Waals surface area contributed by atoms with E-state index in [1.807, 2.05) is 0 Å². The lowest BCUT2D eigenvalue weighted by Gasteiger charge is -2.20. The predicted octanol–water partition coefficient (Wildman–Crippen LogP) is 0.522. The SMILES string of the molecule is C=CCN(C)C(=O)N[C@H](CCCC(=O)O)C(=O)O. The van der Waals surface area contributed by atoms with E-state index in [1.54, 1.807) is 0 Å². The molecule has 18 heavy (non-hydrogen) atoms. The topological polar surface area (TPSA) is 107 Å². The molecule has 1 atom stereocenters. The van der Waals surface area contributed by atoms with E-state index in [0.717, 1.165) is 0 Å². The Bertz CT molecular complexity index is 329. The molecule has 0 aromatic carbocycles. The molecular formula is C11H18N2O5. The van der Waals surface area contributed by atoms with Crippen LogP contribution < -0.4 is 5.32 Å². The summed E-state index contributed by atoms with van der Waals surface area (Å²) in [6, 6.07) is -1.61. The van der Waals surface area contributed by atoms with E-state index in [4.69, 9.17) is 10.2 Å². The second-order valence-electron chi connectivity index (χ2n) is 3.80. The quantitative estimate of drug-likeness (QED) is 0.550. The Morgan fingerprint density at radius 3 is 2.44 bits per heavy atom. The number of carboxylic acid groups (broad SMARTS) is 2. The van der Waals surface area contributed by atoms with Gasteiger partial charge < -0.3 is 20.4 Å². The van der Waals surface area contributed by atoms with E-state index in [9.17, 15) is 14.4 Å². The molecule has 2 amide bonds. The molecule has 0 radical (unpaired) electrons. The Morgan fingerprint density at radius 2 is 2.00 bits per heavy atom. The van der Waals surface area contributed by atoms with Gasteiger partial charge in [-0.2, -0.15) is 0 Å². The molecule has 0 heterocycles. The zero-order valence-corrected chi connectivity index (χ0v) is 10.3. The van der Waals surface area contributed by atoms with Gasteiger partial charge in [0, 0.05) is 20.0 Å². The first-order valence-corrected chi connectivity index (χ1v) is 5.45. The molecule has 0 saturated carbocycles. The van der Waals surface area contributed by atoms with Crippen LogP contribution in [0.4, 0.5) is 4.79 Å². The standard InChI is InChI=1S/C11H18N2O5/c1-3-7-13(2)11(18)12-8(10(16)17)5-4-6-9(14)15/h3,8H,1,4-7H2,2H3,(H,12,18)(H,14,15)(H,16,17)/t8-/m1/s1. The Kier molecular flexibility index (Phi) is 7.18. The highest BCUT2D eigenvalue weighted by atomic mass is 16.4.